The molecule has 194 valence electrons. The zero-order chi connectivity index (χ0) is 26.1. The Kier molecular flexibility index (Phi) is 5.52. The number of aryl methyl sites for hydroxylation is 2. The summed E-state index contributed by atoms with van der Waals surface area (Å²) in [6.07, 6.45) is 3.19. The Hall–Kier alpha value is -3.15. The molecule has 0 radical (unpaired) electrons. The first-order chi connectivity index (χ1) is 17.6. The fourth-order valence-electron chi connectivity index (χ4n) is 5.98. The minimum Gasteiger partial charge on any atom is -0.378 e. The number of benzene rings is 2. The predicted molar refractivity (Wildman–Crippen MR) is 135 cm³/mol. The van der Waals surface area contributed by atoms with E-state index < -0.39 is 10.0 Å². The van der Waals surface area contributed by atoms with Crippen LogP contribution in [0.15, 0.2) is 53.8 Å². The van der Waals surface area contributed by atoms with Gasteiger partial charge in [-0.15, -0.1) is 5.10 Å². The van der Waals surface area contributed by atoms with Gasteiger partial charge in [0, 0.05) is 30.9 Å². The van der Waals surface area contributed by atoms with Crippen LogP contribution in [0.5, 0.6) is 0 Å². The van der Waals surface area contributed by atoms with E-state index in [9.17, 15) is 12.8 Å². The number of hydrogen-bond acceptors (Lipinski definition) is 6. The standard InChI is InChI=1S/C26H29FN6O3S/c1-16(2)36-14-23-22-13-32(37(34,35)25-12-28-31(4)30-25)15-26(22,23)21-10-18-11-29-33(24(18)9-17(21)3)20-7-5-19(27)6-8-20/h5-12,16,22-23H,13-15H2,1-4H3/t22?,23-,26+/m1/s1. The molecule has 4 aromatic rings. The van der Waals surface area contributed by atoms with Crippen LogP contribution in [0.2, 0.25) is 0 Å². The third-order valence-corrected chi connectivity index (χ3v) is 9.49. The summed E-state index contributed by atoms with van der Waals surface area (Å²) < 4.78 is 49.6. The zero-order valence-electron chi connectivity index (χ0n) is 21.2. The van der Waals surface area contributed by atoms with E-state index in [1.165, 1.54) is 23.1 Å². The van der Waals surface area contributed by atoms with E-state index in [2.05, 4.69) is 34.4 Å². The number of sulfonamides is 1. The van der Waals surface area contributed by atoms with Crippen molar-refractivity contribution in [3.63, 3.8) is 0 Å². The average molecular weight is 525 g/mol. The first-order valence-corrected chi connectivity index (χ1v) is 13.8. The van der Waals surface area contributed by atoms with Gasteiger partial charge in [0.05, 0.1) is 36.3 Å². The third kappa shape index (κ3) is 3.79. The molecule has 2 aromatic carbocycles. The van der Waals surface area contributed by atoms with E-state index in [-0.39, 0.29) is 34.2 Å². The van der Waals surface area contributed by atoms with Gasteiger partial charge in [0.1, 0.15) is 5.82 Å². The molecule has 2 fully saturated rings. The van der Waals surface area contributed by atoms with Crippen molar-refractivity contribution in [3.8, 4) is 5.69 Å². The number of halogens is 1. The molecule has 9 nitrogen and oxygen atoms in total. The number of rotatable bonds is 7. The molecule has 3 heterocycles. The van der Waals surface area contributed by atoms with Crippen LogP contribution in [-0.4, -0.2) is 63.3 Å². The van der Waals surface area contributed by atoms with Crippen molar-refractivity contribution in [1.29, 1.82) is 0 Å². The summed E-state index contributed by atoms with van der Waals surface area (Å²) in [7, 11) is -2.16. The topological polar surface area (TPSA) is 95.1 Å². The Morgan fingerprint density at radius 1 is 1.16 bits per heavy atom. The van der Waals surface area contributed by atoms with Crippen LogP contribution >= 0.6 is 0 Å². The quantitative estimate of drug-likeness (QED) is 0.369. The van der Waals surface area contributed by atoms with E-state index in [1.807, 2.05) is 13.8 Å². The Balaban J connectivity index is 1.39. The van der Waals surface area contributed by atoms with Gasteiger partial charge in [-0.05, 0) is 80.1 Å². The summed E-state index contributed by atoms with van der Waals surface area (Å²) in [6, 6.07) is 10.5. The second kappa shape index (κ2) is 8.44. The first kappa shape index (κ1) is 24.2. The number of piperidine rings is 1. The molecule has 37 heavy (non-hydrogen) atoms. The van der Waals surface area contributed by atoms with Crippen LogP contribution in [0.3, 0.4) is 0 Å². The van der Waals surface area contributed by atoms with Gasteiger partial charge < -0.3 is 4.74 Å². The maximum absolute atomic E-state index is 13.5. The lowest BCUT2D eigenvalue weighted by molar-refractivity contribution is 0.0615. The van der Waals surface area contributed by atoms with Crippen molar-refractivity contribution >= 4 is 20.9 Å². The highest BCUT2D eigenvalue weighted by atomic mass is 32.2. The number of hydrogen-bond donors (Lipinski definition) is 0. The summed E-state index contributed by atoms with van der Waals surface area (Å²) in [5.41, 5.74) is 3.53. The molecule has 0 spiro atoms. The highest BCUT2D eigenvalue weighted by Crippen LogP contribution is 2.65. The number of fused-ring (bicyclic) bond motifs is 2. The molecule has 2 aliphatic rings. The SMILES string of the molecule is Cc1cc2c(cnn2-c2ccc(F)cc2)cc1[C@@]12CN(S(=O)(=O)c3cnn(C)n3)CC1[C@H]2COC(C)C. The molecular formula is C26H29FN6O3S. The molecule has 0 amide bonds. The first-order valence-electron chi connectivity index (χ1n) is 12.3. The van der Waals surface area contributed by atoms with E-state index in [1.54, 1.807) is 34.4 Å². The van der Waals surface area contributed by atoms with Crippen molar-refractivity contribution in [2.24, 2.45) is 18.9 Å². The second-order valence-electron chi connectivity index (χ2n) is 10.4. The van der Waals surface area contributed by atoms with Crippen LogP contribution in [0.25, 0.3) is 16.6 Å². The normalized spacial score (nSPS) is 23.7. The molecule has 2 aromatic heterocycles. The maximum atomic E-state index is 13.5. The van der Waals surface area contributed by atoms with E-state index in [4.69, 9.17) is 4.74 Å². The fraction of sp³-hybridized carbons (Fsp3) is 0.423. The molecule has 0 bridgehead atoms. The third-order valence-electron chi connectivity index (χ3n) is 7.82. The molecule has 0 N–H and O–H groups in total. The smallest absolute Gasteiger partial charge is 0.264 e. The van der Waals surface area contributed by atoms with Gasteiger partial charge in [0.2, 0.25) is 5.03 Å². The molecule has 6 rings (SSSR count). The molecule has 3 atom stereocenters. The lowest BCUT2D eigenvalue weighted by Gasteiger charge is -2.24. The van der Waals surface area contributed by atoms with Gasteiger partial charge in [-0.3, -0.25) is 0 Å². The Labute approximate surface area is 214 Å². The molecule has 1 saturated heterocycles. The molecule has 1 aliphatic carbocycles. The van der Waals surface area contributed by atoms with Crippen molar-refractivity contribution in [2.75, 3.05) is 19.7 Å². The van der Waals surface area contributed by atoms with Crippen LogP contribution in [0.1, 0.15) is 25.0 Å². The summed E-state index contributed by atoms with van der Waals surface area (Å²) >= 11 is 0. The van der Waals surface area contributed by atoms with Crippen LogP contribution in [0, 0.1) is 24.6 Å². The number of ether oxygens (including phenoxy) is 1. The Bertz CT molecular complexity index is 1600. The molecule has 1 saturated carbocycles. The molecular weight excluding hydrogens is 495 g/mol. The Morgan fingerprint density at radius 3 is 2.59 bits per heavy atom. The Morgan fingerprint density at radius 2 is 1.92 bits per heavy atom. The van der Waals surface area contributed by atoms with Crippen molar-refractivity contribution in [1.82, 2.24) is 29.1 Å². The monoisotopic (exact) mass is 524 g/mol. The van der Waals surface area contributed by atoms with E-state index in [0.717, 1.165) is 27.7 Å². The largest absolute Gasteiger partial charge is 0.378 e. The molecule has 1 unspecified atom stereocenters. The maximum Gasteiger partial charge on any atom is 0.264 e. The highest BCUT2D eigenvalue weighted by Gasteiger charge is 2.71. The van der Waals surface area contributed by atoms with Gasteiger partial charge in [0.25, 0.3) is 10.0 Å². The van der Waals surface area contributed by atoms with E-state index >= 15 is 0 Å². The van der Waals surface area contributed by atoms with E-state index in [0.29, 0.717) is 19.7 Å². The summed E-state index contributed by atoms with van der Waals surface area (Å²) in [6.45, 7) is 7.43. The van der Waals surface area contributed by atoms with Gasteiger partial charge >= 0.3 is 0 Å². The summed E-state index contributed by atoms with van der Waals surface area (Å²) in [5, 5.41) is 13.5. The molecule has 1 aliphatic heterocycles. The van der Waals surface area contributed by atoms with Gasteiger partial charge in [-0.25, -0.2) is 17.5 Å². The lowest BCUT2D eigenvalue weighted by atomic mass is 9.88. The minimum atomic E-state index is -3.76. The van der Waals surface area contributed by atoms with Gasteiger partial charge in [-0.2, -0.15) is 19.3 Å². The zero-order valence-corrected chi connectivity index (χ0v) is 22.0. The van der Waals surface area contributed by atoms with Crippen molar-refractivity contribution in [2.45, 2.75) is 37.3 Å². The summed E-state index contributed by atoms with van der Waals surface area (Å²) in [5.74, 6) is 0.0573. The molecule has 11 heteroatoms. The van der Waals surface area contributed by atoms with Crippen LogP contribution in [0.4, 0.5) is 4.39 Å². The predicted octanol–water partition coefficient (Wildman–Crippen LogP) is 3.21. The number of aromatic nitrogens is 5. The fourth-order valence-corrected chi connectivity index (χ4v) is 7.39. The van der Waals surface area contributed by atoms with Gasteiger partial charge in [-0.1, -0.05) is 0 Å². The lowest BCUT2D eigenvalue weighted by Crippen LogP contribution is -2.36. The van der Waals surface area contributed by atoms with Gasteiger partial charge in [0.15, 0.2) is 0 Å². The van der Waals surface area contributed by atoms with Crippen molar-refractivity contribution < 1.29 is 17.5 Å². The van der Waals surface area contributed by atoms with Crippen LogP contribution < -0.4 is 0 Å². The number of nitrogens with zero attached hydrogens (tertiary/aromatic N) is 6. The minimum absolute atomic E-state index is 0.0332. The summed E-state index contributed by atoms with van der Waals surface area (Å²) in [4.78, 5) is 1.26. The van der Waals surface area contributed by atoms with Crippen LogP contribution in [-0.2, 0) is 27.2 Å². The average Bonchev–Trinajstić information content (AvgIpc) is 3.31. The second-order valence-corrected chi connectivity index (χ2v) is 12.2. The van der Waals surface area contributed by atoms with Crippen molar-refractivity contribution in [3.05, 3.63) is 65.7 Å². The highest BCUT2D eigenvalue weighted by molar-refractivity contribution is 7.89.